The summed E-state index contributed by atoms with van der Waals surface area (Å²) in [5.74, 6) is 0. The van der Waals surface area contributed by atoms with Crippen molar-refractivity contribution in [2.75, 3.05) is 0 Å². The third kappa shape index (κ3) is 3.83. The Balaban J connectivity index is 1.17. The van der Waals surface area contributed by atoms with Crippen LogP contribution < -0.4 is 0 Å². The van der Waals surface area contributed by atoms with Crippen molar-refractivity contribution in [3.05, 3.63) is 176 Å². The highest BCUT2D eigenvalue weighted by atomic mass is 15.0. The number of fused-ring (bicyclic) bond motifs is 12. The summed E-state index contributed by atoms with van der Waals surface area (Å²) in [6, 6.07) is 60.1. The first-order valence-electron chi connectivity index (χ1n) is 17.1. The van der Waals surface area contributed by atoms with Gasteiger partial charge in [0, 0.05) is 45.3 Å². The Bertz CT molecular complexity index is 3110. The molecule has 0 unspecified atom stereocenters. The van der Waals surface area contributed by atoms with E-state index >= 15 is 0 Å². The second-order valence-corrected chi connectivity index (χ2v) is 13.2. The van der Waals surface area contributed by atoms with Gasteiger partial charge in [-0.05, 0) is 92.0 Å². The lowest BCUT2D eigenvalue weighted by molar-refractivity contribution is 1.16. The Morgan fingerprint density at radius 1 is 0.280 bits per heavy atom. The zero-order valence-corrected chi connectivity index (χ0v) is 27.1. The van der Waals surface area contributed by atoms with Gasteiger partial charge in [0.1, 0.15) is 0 Å². The predicted molar refractivity (Wildman–Crippen MR) is 211 cm³/mol. The average Bonchev–Trinajstić information content (AvgIpc) is 3.70. The molecule has 3 nitrogen and oxygen atoms in total. The van der Waals surface area contributed by atoms with Gasteiger partial charge in [-0.2, -0.15) is 0 Å². The van der Waals surface area contributed by atoms with E-state index in [1.165, 1.54) is 87.1 Å². The van der Waals surface area contributed by atoms with Crippen molar-refractivity contribution in [2.24, 2.45) is 0 Å². The van der Waals surface area contributed by atoms with Gasteiger partial charge in [-0.15, -0.1) is 0 Å². The quantitative estimate of drug-likeness (QED) is 0.177. The third-order valence-electron chi connectivity index (χ3n) is 10.6. The molecule has 8 aromatic carbocycles. The van der Waals surface area contributed by atoms with E-state index in [0.29, 0.717) is 0 Å². The summed E-state index contributed by atoms with van der Waals surface area (Å²) in [6.07, 6.45) is 3.73. The van der Waals surface area contributed by atoms with E-state index in [1.54, 1.807) is 0 Å². The van der Waals surface area contributed by atoms with Crippen LogP contribution in [-0.4, -0.2) is 14.1 Å². The number of hydrogen-bond acceptors (Lipinski definition) is 1. The molecule has 0 N–H and O–H groups in total. The monoisotopic (exact) mass is 635 g/mol. The number of pyridine rings is 1. The minimum Gasteiger partial charge on any atom is -0.309 e. The summed E-state index contributed by atoms with van der Waals surface area (Å²) >= 11 is 0. The molecular formula is C47H29N3. The van der Waals surface area contributed by atoms with Gasteiger partial charge < -0.3 is 9.13 Å². The summed E-state index contributed by atoms with van der Waals surface area (Å²) in [5, 5.41) is 12.7. The van der Waals surface area contributed by atoms with Crippen molar-refractivity contribution >= 4 is 75.9 Å². The third-order valence-corrected chi connectivity index (χ3v) is 10.6. The predicted octanol–water partition coefficient (Wildman–Crippen LogP) is 12.4. The molecular weight excluding hydrogens is 607 g/mol. The topological polar surface area (TPSA) is 22.8 Å². The molecule has 3 aromatic heterocycles. The van der Waals surface area contributed by atoms with E-state index < -0.39 is 0 Å². The first-order valence-corrected chi connectivity index (χ1v) is 17.1. The zero-order valence-electron chi connectivity index (χ0n) is 27.1. The highest BCUT2D eigenvalue weighted by Crippen LogP contribution is 2.40. The largest absolute Gasteiger partial charge is 0.309 e. The second kappa shape index (κ2) is 10.4. The number of para-hydroxylation sites is 2. The fourth-order valence-corrected chi connectivity index (χ4v) is 8.38. The molecule has 0 aliphatic heterocycles. The van der Waals surface area contributed by atoms with E-state index in [-0.39, 0.29) is 0 Å². The van der Waals surface area contributed by atoms with Crippen LogP contribution in [0.25, 0.3) is 98.4 Å². The Hall–Kier alpha value is -6.71. The molecule has 0 spiro atoms. The minimum absolute atomic E-state index is 1.11. The van der Waals surface area contributed by atoms with Gasteiger partial charge in [0.15, 0.2) is 0 Å². The molecule has 0 saturated carbocycles. The smallest absolute Gasteiger partial charge is 0.0547 e. The van der Waals surface area contributed by atoms with Crippen LogP contribution >= 0.6 is 0 Å². The summed E-state index contributed by atoms with van der Waals surface area (Å²) in [4.78, 5) is 4.29. The molecule has 0 bridgehead atoms. The van der Waals surface area contributed by atoms with Crippen LogP contribution in [-0.2, 0) is 0 Å². The highest BCUT2D eigenvalue weighted by molar-refractivity contribution is 6.25. The summed E-state index contributed by atoms with van der Waals surface area (Å²) < 4.78 is 4.80. The van der Waals surface area contributed by atoms with Gasteiger partial charge in [-0.1, -0.05) is 115 Å². The van der Waals surface area contributed by atoms with E-state index in [0.717, 1.165) is 11.4 Å². The molecule has 0 aliphatic rings. The van der Waals surface area contributed by atoms with E-state index in [4.69, 9.17) is 0 Å². The molecule has 0 atom stereocenters. The van der Waals surface area contributed by atoms with Crippen molar-refractivity contribution in [1.29, 1.82) is 0 Å². The van der Waals surface area contributed by atoms with Gasteiger partial charge in [0.2, 0.25) is 0 Å². The molecule has 0 fully saturated rings. The summed E-state index contributed by atoms with van der Waals surface area (Å²) in [5.41, 5.74) is 9.42. The second-order valence-electron chi connectivity index (χ2n) is 13.2. The van der Waals surface area contributed by atoms with Crippen LogP contribution in [0.4, 0.5) is 0 Å². The van der Waals surface area contributed by atoms with Crippen LogP contribution in [0.1, 0.15) is 0 Å². The number of aromatic nitrogens is 3. The first-order chi connectivity index (χ1) is 24.8. The molecule has 3 heterocycles. The molecule has 50 heavy (non-hydrogen) atoms. The standard InChI is InChI=1S/C47H29N3/c1-2-11-36-34(9-1)35-10-3-4-12-37(35)43-29-33(19-22-38(36)43)50-45-16-8-6-14-40(45)42-21-18-31(28-47(42)50)30-17-20-41-39-13-5-7-15-44(39)49(46(41)27-30)32-23-25-48-26-24-32/h1-29H. The Morgan fingerprint density at radius 3 is 1.22 bits per heavy atom. The molecule has 3 heteroatoms. The lowest BCUT2D eigenvalue weighted by Crippen LogP contribution is -1.95. The normalized spacial score (nSPS) is 12.0. The van der Waals surface area contributed by atoms with Crippen LogP contribution in [0.2, 0.25) is 0 Å². The van der Waals surface area contributed by atoms with Crippen molar-refractivity contribution in [2.45, 2.75) is 0 Å². The van der Waals surface area contributed by atoms with Gasteiger partial charge in [-0.3, -0.25) is 4.98 Å². The highest BCUT2D eigenvalue weighted by Gasteiger charge is 2.17. The summed E-state index contributed by atoms with van der Waals surface area (Å²) in [6.45, 7) is 0. The molecule has 11 rings (SSSR count). The van der Waals surface area contributed by atoms with E-state index in [9.17, 15) is 0 Å². The number of hydrogen-bond donors (Lipinski definition) is 0. The SMILES string of the molecule is c1ccc2c(c1)c1ccccc1c1cc(-n3c4ccccc4c4ccc(-c5ccc6c7ccccc7n(-c7ccncc7)c6c5)cc43)ccc21. The van der Waals surface area contributed by atoms with Crippen LogP contribution in [0.15, 0.2) is 176 Å². The van der Waals surface area contributed by atoms with Gasteiger partial charge >= 0.3 is 0 Å². The lowest BCUT2D eigenvalue weighted by atomic mass is 9.94. The van der Waals surface area contributed by atoms with Crippen molar-refractivity contribution < 1.29 is 0 Å². The van der Waals surface area contributed by atoms with Crippen molar-refractivity contribution in [1.82, 2.24) is 14.1 Å². The molecule has 0 amide bonds. The average molecular weight is 636 g/mol. The van der Waals surface area contributed by atoms with Crippen LogP contribution in [0, 0.1) is 0 Å². The van der Waals surface area contributed by atoms with Crippen molar-refractivity contribution in [3.8, 4) is 22.5 Å². The fraction of sp³-hybridized carbons (Fsp3) is 0. The van der Waals surface area contributed by atoms with Gasteiger partial charge in [0.05, 0.1) is 22.1 Å². The maximum atomic E-state index is 4.29. The molecule has 0 radical (unpaired) electrons. The lowest BCUT2D eigenvalue weighted by Gasteiger charge is -2.14. The van der Waals surface area contributed by atoms with Crippen LogP contribution in [0.3, 0.4) is 0 Å². The molecule has 0 saturated heterocycles. The van der Waals surface area contributed by atoms with Crippen LogP contribution in [0.5, 0.6) is 0 Å². The van der Waals surface area contributed by atoms with E-state index in [2.05, 4.69) is 178 Å². The molecule has 11 aromatic rings. The fourth-order valence-electron chi connectivity index (χ4n) is 8.38. The molecule has 232 valence electrons. The van der Waals surface area contributed by atoms with Crippen molar-refractivity contribution in [3.63, 3.8) is 0 Å². The number of nitrogens with zero attached hydrogens (tertiary/aromatic N) is 3. The van der Waals surface area contributed by atoms with E-state index in [1.807, 2.05) is 12.4 Å². The number of benzene rings is 8. The van der Waals surface area contributed by atoms with Gasteiger partial charge in [-0.25, -0.2) is 0 Å². The maximum absolute atomic E-state index is 4.29. The maximum Gasteiger partial charge on any atom is 0.0547 e. The molecule has 0 aliphatic carbocycles. The minimum atomic E-state index is 1.11. The summed E-state index contributed by atoms with van der Waals surface area (Å²) in [7, 11) is 0. The Kier molecular flexibility index (Phi) is 5.67. The zero-order chi connectivity index (χ0) is 32.8. The Labute approximate surface area is 287 Å². The number of rotatable bonds is 3. The Morgan fingerprint density at radius 2 is 0.680 bits per heavy atom. The first kappa shape index (κ1) is 27.3. The van der Waals surface area contributed by atoms with Gasteiger partial charge in [0.25, 0.3) is 0 Å².